The van der Waals surface area contributed by atoms with Crippen LogP contribution in [-0.2, 0) is 9.53 Å². The molecule has 0 fully saturated rings. The van der Waals surface area contributed by atoms with E-state index in [9.17, 15) is 9.59 Å². The summed E-state index contributed by atoms with van der Waals surface area (Å²) in [6.07, 6.45) is 3.38. The molecule has 4 aromatic rings. The first-order valence-electron chi connectivity index (χ1n) is 10.5. The summed E-state index contributed by atoms with van der Waals surface area (Å²) < 4.78 is 15.6. The number of pyridine rings is 1. The minimum absolute atomic E-state index is 0.374. The summed E-state index contributed by atoms with van der Waals surface area (Å²) in [5.74, 6) is -0.0257. The number of hydrogen-bond donors (Lipinski definition) is 0. The maximum absolute atomic E-state index is 12.5. The number of benzene rings is 3. The van der Waals surface area contributed by atoms with E-state index in [1.165, 1.54) is 26.0 Å². The number of hydrogen-bond acceptors (Lipinski definition) is 7. The molecule has 0 aliphatic heterocycles. The van der Waals surface area contributed by atoms with Crippen LogP contribution in [0.4, 0.5) is 0 Å². The van der Waals surface area contributed by atoms with Gasteiger partial charge in [0, 0.05) is 21.5 Å². The zero-order valence-electron chi connectivity index (χ0n) is 18.9. The molecular formula is C27H20ClNO5S. The van der Waals surface area contributed by atoms with Crippen molar-refractivity contribution in [1.82, 2.24) is 4.98 Å². The molecule has 1 aromatic heterocycles. The van der Waals surface area contributed by atoms with Crippen molar-refractivity contribution in [1.29, 1.82) is 0 Å². The number of carbonyl (C=O) groups excluding carboxylic acids is 2. The summed E-state index contributed by atoms with van der Waals surface area (Å²) in [7, 11) is 2.87. The lowest BCUT2D eigenvalue weighted by atomic mass is 10.2. The van der Waals surface area contributed by atoms with Gasteiger partial charge in [0.15, 0.2) is 0 Å². The Hall–Kier alpha value is -3.81. The first kappa shape index (κ1) is 24.3. The Kier molecular flexibility index (Phi) is 7.70. The molecule has 0 atom stereocenters. The van der Waals surface area contributed by atoms with Gasteiger partial charge in [-0.15, -0.1) is 0 Å². The third kappa shape index (κ3) is 6.01. The van der Waals surface area contributed by atoms with Crippen molar-refractivity contribution in [2.24, 2.45) is 0 Å². The minimum atomic E-state index is -0.498. The van der Waals surface area contributed by atoms with Crippen LogP contribution in [0, 0.1) is 0 Å². The van der Waals surface area contributed by atoms with Crippen molar-refractivity contribution in [2.75, 3.05) is 14.2 Å². The number of ether oxygens (including phenoxy) is 3. The van der Waals surface area contributed by atoms with E-state index in [1.54, 1.807) is 72.9 Å². The Morgan fingerprint density at radius 3 is 2.49 bits per heavy atom. The van der Waals surface area contributed by atoms with E-state index >= 15 is 0 Å². The summed E-state index contributed by atoms with van der Waals surface area (Å²) in [6, 6.07) is 20.8. The van der Waals surface area contributed by atoms with Crippen molar-refractivity contribution < 1.29 is 23.8 Å². The standard InChI is InChI=1S/C27H20ClNO5S/c1-32-21-5-3-4-18(15-21)26(30)34-20-9-6-17(7-10-20)14-25(27(31)33-2)35-24-12-13-29-23-16-19(28)8-11-22(23)24/h3-16H,1-2H3/b25-14+. The van der Waals surface area contributed by atoms with Crippen LogP contribution in [0.25, 0.3) is 17.0 Å². The van der Waals surface area contributed by atoms with Gasteiger partial charge in [-0.25, -0.2) is 9.59 Å². The lowest BCUT2D eigenvalue weighted by molar-refractivity contribution is -0.135. The van der Waals surface area contributed by atoms with Crippen molar-refractivity contribution in [3.63, 3.8) is 0 Å². The number of esters is 2. The van der Waals surface area contributed by atoms with Crippen molar-refractivity contribution in [3.05, 3.63) is 100 Å². The monoisotopic (exact) mass is 505 g/mol. The molecular weight excluding hydrogens is 486 g/mol. The highest BCUT2D eigenvalue weighted by molar-refractivity contribution is 8.04. The Balaban J connectivity index is 1.55. The third-order valence-electron chi connectivity index (χ3n) is 4.97. The number of aromatic nitrogens is 1. The first-order valence-corrected chi connectivity index (χ1v) is 11.6. The number of rotatable bonds is 7. The third-order valence-corrected chi connectivity index (χ3v) is 6.28. The molecule has 0 amide bonds. The first-order chi connectivity index (χ1) is 17.0. The average Bonchev–Trinajstić information content (AvgIpc) is 2.88. The van der Waals surface area contributed by atoms with Crippen LogP contribution in [0.2, 0.25) is 5.02 Å². The molecule has 0 saturated carbocycles. The summed E-state index contributed by atoms with van der Waals surface area (Å²) in [4.78, 5) is 30.5. The Labute approximate surface area is 211 Å². The van der Waals surface area contributed by atoms with E-state index in [2.05, 4.69) is 4.98 Å². The zero-order valence-corrected chi connectivity index (χ0v) is 20.4. The highest BCUT2D eigenvalue weighted by Crippen LogP contribution is 2.34. The van der Waals surface area contributed by atoms with Gasteiger partial charge in [0.1, 0.15) is 11.5 Å². The molecule has 8 heteroatoms. The fourth-order valence-electron chi connectivity index (χ4n) is 3.23. The molecule has 35 heavy (non-hydrogen) atoms. The molecule has 4 rings (SSSR count). The van der Waals surface area contributed by atoms with E-state index < -0.39 is 11.9 Å². The van der Waals surface area contributed by atoms with E-state index in [0.29, 0.717) is 27.0 Å². The Morgan fingerprint density at radius 1 is 0.943 bits per heavy atom. The largest absolute Gasteiger partial charge is 0.497 e. The van der Waals surface area contributed by atoms with Gasteiger partial charge < -0.3 is 14.2 Å². The molecule has 1 heterocycles. The van der Waals surface area contributed by atoms with Gasteiger partial charge in [-0.1, -0.05) is 47.6 Å². The lowest BCUT2D eigenvalue weighted by Crippen LogP contribution is -2.08. The van der Waals surface area contributed by atoms with Gasteiger partial charge in [0.25, 0.3) is 0 Å². The Morgan fingerprint density at radius 2 is 1.74 bits per heavy atom. The fraction of sp³-hybridized carbons (Fsp3) is 0.0741. The van der Waals surface area contributed by atoms with Crippen LogP contribution in [0.5, 0.6) is 11.5 Å². The zero-order chi connectivity index (χ0) is 24.8. The smallest absolute Gasteiger partial charge is 0.344 e. The molecule has 0 bridgehead atoms. The maximum Gasteiger partial charge on any atom is 0.344 e. The van der Waals surface area contributed by atoms with Crippen LogP contribution in [0.1, 0.15) is 15.9 Å². The molecule has 0 N–H and O–H groups in total. The van der Waals surface area contributed by atoms with Crippen LogP contribution < -0.4 is 9.47 Å². The fourth-order valence-corrected chi connectivity index (χ4v) is 4.41. The van der Waals surface area contributed by atoms with E-state index in [1.807, 2.05) is 12.1 Å². The predicted molar refractivity (Wildman–Crippen MR) is 137 cm³/mol. The van der Waals surface area contributed by atoms with Gasteiger partial charge in [0.2, 0.25) is 0 Å². The van der Waals surface area contributed by atoms with E-state index in [0.717, 1.165) is 21.4 Å². The molecule has 0 radical (unpaired) electrons. The number of carbonyl (C=O) groups is 2. The molecule has 176 valence electrons. The van der Waals surface area contributed by atoms with Crippen LogP contribution >= 0.6 is 23.4 Å². The van der Waals surface area contributed by atoms with Gasteiger partial charge in [0.05, 0.1) is 30.2 Å². The minimum Gasteiger partial charge on any atom is -0.497 e. The second-order valence-corrected chi connectivity index (χ2v) is 8.78. The summed E-state index contributed by atoms with van der Waals surface area (Å²) in [5.41, 5.74) is 1.85. The Bertz CT molecular complexity index is 1420. The van der Waals surface area contributed by atoms with Crippen molar-refractivity contribution >= 4 is 52.3 Å². The van der Waals surface area contributed by atoms with Crippen LogP contribution in [-0.4, -0.2) is 31.1 Å². The second-order valence-electron chi connectivity index (χ2n) is 7.26. The molecule has 0 aliphatic rings. The SMILES string of the molecule is COC(=O)/C(=C\c1ccc(OC(=O)c2cccc(OC)c2)cc1)Sc1ccnc2cc(Cl)ccc12. The van der Waals surface area contributed by atoms with Gasteiger partial charge in [-0.2, -0.15) is 0 Å². The van der Waals surface area contributed by atoms with Gasteiger partial charge >= 0.3 is 11.9 Å². The lowest BCUT2D eigenvalue weighted by Gasteiger charge is -2.09. The highest BCUT2D eigenvalue weighted by Gasteiger charge is 2.15. The van der Waals surface area contributed by atoms with Gasteiger partial charge in [-0.3, -0.25) is 4.98 Å². The highest BCUT2D eigenvalue weighted by atomic mass is 35.5. The van der Waals surface area contributed by atoms with Crippen molar-refractivity contribution in [2.45, 2.75) is 4.90 Å². The predicted octanol–water partition coefficient (Wildman–Crippen LogP) is 6.42. The number of fused-ring (bicyclic) bond motifs is 1. The quantitative estimate of drug-likeness (QED) is 0.124. The average molecular weight is 506 g/mol. The summed E-state index contributed by atoms with van der Waals surface area (Å²) in [5, 5.41) is 1.46. The van der Waals surface area contributed by atoms with E-state index in [4.69, 9.17) is 25.8 Å². The summed E-state index contributed by atoms with van der Waals surface area (Å²) in [6.45, 7) is 0. The number of thioether (sulfide) groups is 1. The van der Waals surface area contributed by atoms with Crippen LogP contribution in [0.15, 0.2) is 88.8 Å². The molecule has 0 saturated heterocycles. The van der Waals surface area contributed by atoms with E-state index in [-0.39, 0.29) is 0 Å². The molecule has 0 unspecified atom stereocenters. The summed E-state index contributed by atoms with van der Waals surface area (Å²) >= 11 is 7.35. The van der Waals surface area contributed by atoms with Crippen molar-refractivity contribution in [3.8, 4) is 11.5 Å². The number of methoxy groups -OCH3 is 2. The topological polar surface area (TPSA) is 74.7 Å². The number of nitrogens with zero attached hydrogens (tertiary/aromatic N) is 1. The van der Waals surface area contributed by atoms with Gasteiger partial charge in [-0.05, 0) is 60.2 Å². The normalized spacial score (nSPS) is 11.2. The molecule has 6 nitrogen and oxygen atoms in total. The molecule has 0 aliphatic carbocycles. The maximum atomic E-state index is 12.5. The molecule has 0 spiro atoms. The number of halogens is 1. The second kappa shape index (κ2) is 11.1. The molecule has 3 aromatic carbocycles. The van der Waals surface area contributed by atoms with Crippen LogP contribution in [0.3, 0.4) is 0 Å².